The van der Waals surface area contributed by atoms with E-state index < -0.39 is 11.9 Å². The minimum Gasteiger partial charge on any atom is -0.491 e. The Hall–Kier alpha value is -3.35. The number of carbonyl (C=O) groups excluding carboxylic acids is 1. The topological polar surface area (TPSA) is 97.8 Å². The summed E-state index contributed by atoms with van der Waals surface area (Å²) >= 11 is 0. The lowest BCUT2D eigenvalue weighted by Crippen LogP contribution is -2.14. The molecular weight excluding hydrogens is 336 g/mol. The molecule has 0 saturated heterocycles. The van der Waals surface area contributed by atoms with Crippen molar-refractivity contribution in [2.45, 2.75) is 20.0 Å². The number of aromatic carboxylic acids is 1. The second kappa shape index (κ2) is 8.66. The third kappa shape index (κ3) is 5.34. The molecule has 0 unspecified atom stereocenters. The fourth-order valence-electron chi connectivity index (χ4n) is 2.06. The molecule has 0 bridgehead atoms. The van der Waals surface area contributed by atoms with E-state index in [4.69, 9.17) is 14.6 Å². The van der Waals surface area contributed by atoms with Crippen LogP contribution in [0.3, 0.4) is 0 Å². The normalized spacial score (nSPS) is 10.3. The SMILES string of the molecule is C=CCOc1cc(OC(C)C)cc(C(=O)Nc2ccc(C(=O)O)cn2)c1. The third-order valence-electron chi connectivity index (χ3n) is 3.13. The summed E-state index contributed by atoms with van der Waals surface area (Å²) in [5.41, 5.74) is 0.363. The summed E-state index contributed by atoms with van der Waals surface area (Å²) < 4.78 is 11.2. The van der Waals surface area contributed by atoms with Crippen molar-refractivity contribution in [3.8, 4) is 11.5 Å². The number of benzene rings is 1. The minimum atomic E-state index is -1.09. The van der Waals surface area contributed by atoms with Crippen molar-refractivity contribution < 1.29 is 24.2 Å². The highest BCUT2D eigenvalue weighted by Gasteiger charge is 2.13. The monoisotopic (exact) mass is 356 g/mol. The Morgan fingerprint density at radius 3 is 2.54 bits per heavy atom. The van der Waals surface area contributed by atoms with Crippen LogP contribution in [0.15, 0.2) is 49.2 Å². The van der Waals surface area contributed by atoms with Crippen LogP contribution in [0.2, 0.25) is 0 Å². The van der Waals surface area contributed by atoms with E-state index in [1.54, 1.807) is 24.3 Å². The molecule has 1 heterocycles. The fourth-order valence-corrected chi connectivity index (χ4v) is 2.06. The van der Waals surface area contributed by atoms with Crippen molar-refractivity contribution in [2.24, 2.45) is 0 Å². The number of anilines is 1. The molecular formula is C19H20N2O5. The third-order valence-corrected chi connectivity index (χ3v) is 3.13. The summed E-state index contributed by atoms with van der Waals surface area (Å²) in [7, 11) is 0. The molecule has 1 aromatic heterocycles. The molecule has 0 aliphatic carbocycles. The number of nitrogens with one attached hydrogen (secondary N) is 1. The number of nitrogens with zero attached hydrogens (tertiary/aromatic N) is 1. The minimum absolute atomic E-state index is 0.0374. The van der Waals surface area contributed by atoms with Gasteiger partial charge in [0.1, 0.15) is 23.9 Å². The van der Waals surface area contributed by atoms with Crippen LogP contribution in [0.5, 0.6) is 11.5 Å². The van der Waals surface area contributed by atoms with E-state index >= 15 is 0 Å². The zero-order valence-corrected chi connectivity index (χ0v) is 14.6. The van der Waals surface area contributed by atoms with Gasteiger partial charge in [-0.1, -0.05) is 12.7 Å². The molecule has 0 saturated carbocycles. The Morgan fingerprint density at radius 1 is 1.23 bits per heavy atom. The molecule has 136 valence electrons. The summed E-state index contributed by atoms with van der Waals surface area (Å²) in [6.07, 6.45) is 2.71. The van der Waals surface area contributed by atoms with Crippen molar-refractivity contribution in [3.63, 3.8) is 0 Å². The first-order valence-corrected chi connectivity index (χ1v) is 7.95. The first-order chi connectivity index (χ1) is 12.4. The average molecular weight is 356 g/mol. The summed E-state index contributed by atoms with van der Waals surface area (Å²) in [5, 5.41) is 11.5. The van der Waals surface area contributed by atoms with Crippen LogP contribution >= 0.6 is 0 Å². The van der Waals surface area contributed by atoms with E-state index in [0.717, 1.165) is 0 Å². The van der Waals surface area contributed by atoms with Crippen LogP contribution in [-0.2, 0) is 0 Å². The Kier molecular flexibility index (Phi) is 6.32. The van der Waals surface area contributed by atoms with Crippen molar-refractivity contribution in [1.82, 2.24) is 4.98 Å². The molecule has 2 aromatic rings. The number of carboxylic acids is 1. The maximum Gasteiger partial charge on any atom is 0.337 e. The number of hydrogen-bond donors (Lipinski definition) is 2. The van der Waals surface area contributed by atoms with E-state index in [9.17, 15) is 9.59 Å². The van der Waals surface area contributed by atoms with Crippen molar-refractivity contribution >= 4 is 17.7 Å². The molecule has 1 amide bonds. The van der Waals surface area contributed by atoms with E-state index in [1.807, 2.05) is 13.8 Å². The van der Waals surface area contributed by atoms with Crippen LogP contribution in [0, 0.1) is 0 Å². The zero-order chi connectivity index (χ0) is 19.1. The van der Waals surface area contributed by atoms with Gasteiger partial charge in [0.25, 0.3) is 5.91 Å². The first kappa shape index (κ1) is 19.0. The highest BCUT2D eigenvalue weighted by molar-refractivity contribution is 6.04. The molecule has 0 aliphatic rings. The lowest BCUT2D eigenvalue weighted by molar-refractivity contribution is 0.0696. The number of carbonyl (C=O) groups is 2. The zero-order valence-electron chi connectivity index (χ0n) is 14.6. The Labute approximate surface area is 151 Å². The summed E-state index contributed by atoms with van der Waals surface area (Å²) in [6, 6.07) is 7.66. The predicted molar refractivity (Wildman–Crippen MR) is 97.0 cm³/mol. The quantitative estimate of drug-likeness (QED) is 0.704. The molecule has 7 heteroatoms. The summed E-state index contributed by atoms with van der Waals surface area (Å²) in [4.78, 5) is 27.3. The molecule has 0 atom stereocenters. The molecule has 0 radical (unpaired) electrons. The first-order valence-electron chi connectivity index (χ1n) is 7.95. The van der Waals surface area contributed by atoms with Crippen LogP contribution in [-0.4, -0.2) is 34.7 Å². The summed E-state index contributed by atoms with van der Waals surface area (Å²) in [5.74, 6) is -0.289. The molecule has 26 heavy (non-hydrogen) atoms. The van der Waals surface area contributed by atoms with Crippen LogP contribution in [0.25, 0.3) is 0 Å². The lowest BCUT2D eigenvalue weighted by Gasteiger charge is -2.14. The average Bonchev–Trinajstić information content (AvgIpc) is 2.59. The van der Waals surface area contributed by atoms with Gasteiger partial charge in [-0.2, -0.15) is 0 Å². The maximum atomic E-state index is 12.5. The van der Waals surface area contributed by atoms with Gasteiger partial charge in [0.05, 0.1) is 11.7 Å². The Balaban J connectivity index is 2.22. The van der Waals surface area contributed by atoms with Gasteiger partial charge in [-0.3, -0.25) is 4.79 Å². The number of rotatable bonds is 8. The second-order valence-electron chi connectivity index (χ2n) is 5.65. The molecule has 0 spiro atoms. The van der Waals surface area contributed by atoms with Crippen LogP contribution in [0.1, 0.15) is 34.6 Å². The van der Waals surface area contributed by atoms with Gasteiger partial charge in [-0.25, -0.2) is 9.78 Å². The predicted octanol–water partition coefficient (Wildman–Crippen LogP) is 3.38. The van der Waals surface area contributed by atoms with E-state index in [1.165, 1.54) is 18.3 Å². The second-order valence-corrected chi connectivity index (χ2v) is 5.65. The lowest BCUT2D eigenvalue weighted by atomic mass is 10.2. The van der Waals surface area contributed by atoms with Crippen molar-refractivity contribution in [1.29, 1.82) is 0 Å². The maximum absolute atomic E-state index is 12.5. The summed E-state index contributed by atoms with van der Waals surface area (Å²) in [6.45, 7) is 7.65. The smallest absolute Gasteiger partial charge is 0.337 e. The number of aromatic nitrogens is 1. The number of hydrogen-bond acceptors (Lipinski definition) is 5. The van der Waals surface area contributed by atoms with E-state index in [-0.39, 0.29) is 17.5 Å². The van der Waals surface area contributed by atoms with Gasteiger partial charge < -0.3 is 19.9 Å². The highest BCUT2D eigenvalue weighted by Crippen LogP contribution is 2.24. The number of amides is 1. The van der Waals surface area contributed by atoms with Gasteiger partial charge >= 0.3 is 5.97 Å². The molecule has 0 fully saturated rings. The van der Waals surface area contributed by atoms with Crippen molar-refractivity contribution in [3.05, 3.63) is 60.3 Å². The fraction of sp³-hybridized carbons (Fsp3) is 0.211. The molecule has 0 aliphatic heterocycles. The number of ether oxygens (including phenoxy) is 2. The molecule has 2 rings (SSSR count). The molecule has 1 aromatic carbocycles. The van der Waals surface area contributed by atoms with Crippen LogP contribution in [0.4, 0.5) is 5.82 Å². The number of carboxylic acid groups (broad SMARTS) is 1. The molecule has 2 N–H and O–H groups in total. The Bertz CT molecular complexity index is 800. The Morgan fingerprint density at radius 2 is 1.96 bits per heavy atom. The van der Waals surface area contributed by atoms with E-state index in [0.29, 0.717) is 23.7 Å². The van der Waals surface area contributed by atoms with Crippen LogP contribution < -0.4 is 14.8 Å². The van der Waals surface area contributed by atoms with Gasteiger partial charge in [0.15, 0.2) is 0 Å². The van der Waals surface area contributed by atoms with Gasteiger partial charge in [0.2, 0.25) is 0 Å². The molecule has 7 nitrogen and oxygen atoms in total. The van der Waals surface area contributed by atoms with E-state index in [2.05, 4.69) is 16.9 Å². The standard InChI is InChI=1S/C19H20N2O5/c1-4-7-25-15-8-14(9-16(10-15)26-12(2)3)18(22)21-17-6-5-13(11-20-17)19(23)24/h4-6,8-12H,1,7H2,2-3H3,(H,23,24)(H,20,21,22). The largest absolute Gasteiger partial charge is 0.491 e. The highest BCUT2D eigenvalue weighted by atomic mass is 16.5. The van der Waals surface area contributed by atoms with Gasteiger partial charge in [0, 0.05) is 17.8 Å². The van der Waals surface area contributed by atoms with Gasteiger partial charge in [-0.05, 0) is 38.1 Å². The van der Waals surface area contributed by atoms with Gasteiger partial charge in [-0.15, -0.1) is 0 Å². The number of pyridine rings is 1. The van der Waals surface area contributed by atoms with Crippen molar-refractivity contribution in [2.75, 3.05) is 11.9 Å².